The molecule has 4 nitrogen and oxygen atoms in total. The Balaban J connectivity index is 2.09. The van der Waals surface area contributed by atoms with Crippen molar-refractivity contribution in [2.45, 2.75) is 57.9 Å². The van der Waals surface area contributed by atoms with Gasteiger partial charge in [0.1, 0.15) is 5.54 Å². The molecule has 0 saturated heterocycles. The molecule has 1 saturated carbocycles. The molecule has 0 amide bonds. The highest BCUT2D eigenvalue weighted by Gasteiger charge is 2.31. The van der Waals surface area contributed by atoms with Gasteiger partial charge < -0.3 is 15.2 Å². The largest absolute Gasteiger partial charge is 0.480 e. The molecule has 1 fully saturated rings. The van der Waals surface area contributed by atoms with Crippen molar-refractivity contribution >= 4 is 5.97 Å². The summed E-state index contributed by atoms with van der Waals surface area (Å²) in [6.45, 7) is 6.04. The Kier molecular flexibility index (Phi) is 6.65. The van der Waals surface area contributed by atoms with Crippen molar-refractivity contribution in [2.24, 2.45) is 5.92 Å². The third-order valence-electron chi connectivity index (χ3n) is 3.57. The SMILES string of the molecule is CCCNC(C)(CCCOCCC1CC1)C(=O)O. The second-order valence-corrected chi connectivity index (χ2v) is 5.51. The Labute approximate surface area is 110 Å². The van der Waals surface area contributed by atoms with Crippen LogP contribution in [-0.4, -0.2) is 36.4 Å². The summed E-state index contributed by atoms with van der Waals surface area (Å²) in [6, 6.07) is 0. The van der Waals surface area contributed by atoms with Crippen LogP contribution < -0.4 is 5.32 Å². The van der Waals surface area contributed by atoms with E-state index in [9.17, 15) is 9.90 Å². The van der Waals surface area contributed by atoms with E-state index in [2.05, 4.69) is 5.32 Å². The van der Waals surface area contributed by atoms with Crippen molar-refractivity contribution in [1.29, 1.82) is 0 Å². The number of rotatable bonds is 11. The lowest BCUT2D eigenvalue weighted by Gasteiger charge is -2.26. The minimum atomic E-state index is -0.810. The molecular formula is C14H27NO3. The molecule has 0 spiro atoms. The van der Waals surface area contributed by atoms with Gasteiger partial charge in [0.15, 0.2) is 0 Å². The first-order chi connectivity index (χ1) is 8.58. The summed E-state index contributed by atoms with van der Waals surface area (Å²) in [7, 11) is 0. The van der Waals surface area contributed by atoms with Crippen molar-refractivity contribution in [3.8, 4) is 0 Å². The van der Waals surface area contributed by atoms with E-state index in [4.69, 9.17) is 4.74 Å². The zero-order chi connectivity index (χ0) is 13.4. The molecule has 0 aromatic heterocycles. The summed E-state index contributed by atoms with van der Waals surface area (Å²) < 4.78 is 5.54. The third-order valence-corrected chi connectivity index (χ3v) is 3.57. The number of aliphatic carboxylic acids is 1. The maximum Gasteiger partial charge on any atom is 0.323 e. The first-order valence-corrected chi connectivity index (χ1v) is 7.14. The Morgan fingerprint density at radius 2 is 2.17 bits per heavy atom. The van der Waals surface area contributed by atoms with Gasteiger partial charge in [0.05, 0.1) is 0 Å². The Hall–Kier alpha value is -0.610. The van der Waals surface area contributed by atoms with Gasteiger partial charge in [0, 0.05) is 13.2 Å². The fourth-order valence-corrected chi connectivity index (χ4v) is 1.96. The first kappa shape index (κ1) is 15.4. The fraction of sp³-hybridized carbons (Fsp3) is 0.929. The van der Waals surface area contributed by atoms with Crippen LogP contribution in [0.1, 0.15) is 52.4 Å². The van der Waals surface area contributed by atoms with Crippen LogP contribution in [0.2, 0.25) is 0 Å². The van der Waals surface area contributed by atoms with E-state index in [1.807, 2.05) is 6.92 Å². The average molecular weight is 257 g/mol. The number of carboxylic acids is 1. The van der Waals surface area contributed by atoms with Crippen LogP contribution in [0.15, 0.2) is 0 Å². The monoisotopic (exact) mass is 257 g/mol. The lowest BCUT2D eigenvalue weighted by Crippen LogP contribution is -2.49. The number of hydrogen-bond acceptors (Lipinski definition) is 3. The van der Waals surface area contributed by atoms with Gasteiger partial charge in [-0.3, -0.25) is 4.79 Å². The van der Waals surface area contributed by atoms with Crippen molar-refractivity contribution in [1.82, 2.24) is 5.32 Å². The van der Waals surface area contributed by atoms with E-state index in [0.717, 1.165) is 31.9 Å². The van der Waals surface area contributed by atoms with Gasteiger partial charge in [-0.15, -0.1) is 0 Å². The zero-order valence-electron chi connectivity index (χ0n) is 11.7. The van der Waals surface area contributed by atoms with Gasteiger partial charge in [-0.1, -0.05) is 19.8 Å². The van der Waals surface area contributed by atoms with Crippen LogP contribution in [-0.2, 0) is 9.53 Å². The number of carboxylic acid groups (broad SMARTS) is 1. The molecule has 106 valence electrons. The maximum atomic E-state index is 11.2. The molecule has 1 unspecified atom stereocenters. The highest BCUT2D eigenvalue weighted by Crippen LogP contribution is 2.32. The van der Waals surface area contributed by atoms with Crippen molar-refractivity contribution in [2.75, 3.05) is 19.8 Å². The molecule has 0 bridgehead atoms. The lowest BCUT2D eigenvalue weighted by molar-refractivity contribution is -0.144. The van der Waals surface area contributed by atoms with Crippen LogP contribution in [0.5, 0.6) is 0 Å². The van der Waals surface area contributed by atoms with Gasteiger partial charge in [-0.25, -0.2) is 0 Å². The second kappa shape index (κ2) is 7.74. The zero-order valence-corrected chi connectivity index (χ0v) is 11.7. The van der Waals surface area contributed by atoms with Gasteiger partial charge >= 0.3 is 5.97 Å². The molecule has 0 radical (unpaired) electrons. The van der Waals surface area contributed by atoms with E-state index in [1.165, 1.54) is 19.3 Å². The molecule has 18 heavy (non-hydrogen) atoms. The minimum Gasteiger partial charge on any atom is -0.480 e. The third kappa shape index (κ3) is 5.83. The molecule has 1 aliphatic rings. The van der Waals surface area contributed by atoms with Crippen LogP contribution in [0.25, 0.3) is 0 Å². The lowest BCUT2D eigenvalue weighted by atomic mass is 9.96. The quantitative estimate of drug-likeness (QED) is 0.558. The van der Waals surface area contributed by atoms with Crippen LogP contribution in [0, 0.1) is 5.92 Å². The van der Waals surface area contributed by atoms with E-state index in [-0.39, 0.29) is 0 Å². The number of hydrogen-bond donors (Lipinski definition) is 2. The second-order valence-electron chi connectivity index (χ2n) is 5.51. The molecule has 0 aromatic carbocycles. The molecule has 1 aliphatic carbocycles. The molecular weight excluding hydrogens is 230 g/mol. The molecule has 1 rings (SSSR count). The highest BCUT2D eigenvalue weighted by molar-refractivity contribution is 5.78. The summed E-state index contributed by atoms with van der Waals surface area (Å²) in [4.78, 5) is 11.2. The van der Waals surface area contributed by atoms with Gasteiger partial charge in [-0.05, 0) is 45.1 Å². The Morgan fingerprint density at radius 1 is 1.44 bits per heavy atom. The summed E-state index contributed by atoms with van der Waals surface area (Å²) in [5, 5.41) is 12.3. The maximum absolute atomic E-state index is 11.2. The molecule has 0 aromatic rings. The number of carbonyl (C=O) groups is 1. The van der Waals surface area contributed by atoms with Crippen LogP contribution in [0.3, 0.4) is 0 Å². The molecule has 4 heteroatoms. The normalized spacial score (nSPS) is 18.6. The molecule has 1 atom stereocenters. The average Bonchev–Trinajstić information content (AvgIpc) is 3.14. The van der Waals surface area contributed by atoms with Crippen molar-refractivity contribution in [3.05, 3.63) is 0 Å². The van der Waals surface area contributed by atoms with Gasteiger partial charge in [0.25, 0.3) is 0 Å². The molecule has 2 N–H and O–H groups in total. The Bertz CT molecular complexity index is 253. The van der Waals surface area contributed by atoms with E-state index >= 15 is 0 Å². The Morgan fingerprint density at radius 3 is 2.72 bits per heavy atom. The highest BCUT2D eigenvalue weighted by atomic mass is 16.5. The van der Waals surface area contributed by atoms with Crippen molar-refractivity contribution in [3.63, 3.8) is 0 Å². The summed E-state index contributed by atoms with van der Waals surface area (Å²) in [5.41, 5.74) is -0.810. The summed E-state index contributed by atoms with van der Waals surface area (Å²) in [6.07, 6.45) is 6.25. The number of nitrogens with one attached hydrogen (secondary N) is 1. The van der Waals surface area contributed by atoms with E-state index < -0.39 is 11.5 Å². The summed E-state index contributed by atoms with van der Waals surface area (Å²) >= 11 is 0. The standard InChI is InChI=1S/C14H27NO3/c1-3-9-15-14(2,13(16)17)8-4-10-18-11-7-12-5-6-12/h12,15H,3-11H2,1-2H3,(H,16,17). The van der Waals surface area contributed by atoms with Crippen LogP contribution >= 0.6 is 0 Å². The molecule has 0 aliphatic heterocycles. The van der Waals surface area contributed by atoms with E-state index in [0.29, 0.717) is 13.0 Å². The van der Waals surface area contributed by atoms with Gasteiger partial charge in [0.2, 0.25) is 0 Å². The predicted octanol–water partition coefficient (Wildman–Crippen LogP) is 2.43. The fourth-order valence-electron chi connectivity index (χ4n) is 1.96. The topological polar surface area (TPSA) is 58.6 Å². The van der Waals surface area contributed by atoms with Crippen molar-refractivity contribution < 1.29 is 14.6 Å². The minimum absolute atomic E-state index is 0.617. The number of ether oxygens (including phenoxy) is 1. The van der Waals surface area contributed by atoms with Crippen LogP contribution in [0.4, 0.5) is 0 Å². The van der Waals surface area contributed by atoms with E-state index in [1.54, 1.807) is 6.92 Å². The first-order valence-electron chi connectivity index (χ1n) is 7.14. The predicted molar refractivity (Wildman–Crippen MR) is 71.7 cm³/mol. The smallest absolute Gasteiger partial charge is 0.323 e. The molecule has 0 heterocycles. The van der Waals surface area contributed by atoms with Gasteiger partial charge in [-0.2, -0.15) is 0 Å². The summed E-state index contributed by atoms with van der Waals surface area (Å²) in [5.74, 6) is 0.134.